The molecule has 0 aliphatic rings. The van der Waals surface area contributed by atoms with Gasteiger partial charge in [0, 0.05) is 11.1 Å². The third kappa shape index (κ3) is 2.68. The fourth-order valence-electron chi connectivity index (χ4n) is 0.925. The van der Waals surface area contributed by atoms with Crippen LogP contribution in [0.4, 0.5) is 0 Å². The van der Waals surface area contributed by atoms with Gasteiger partial charge in [0.1, 0.15) is 5.75 Å². The summed E-state index contributed by atoms with van der Waals surface area (Å²) in [6, 6.07) is 7.50. The Labute approximate surface area is 81.9 Å². The average Bonchev–Trinajstić information content (AvgIpc) is 2.18. The van der Waals surface area contributed by atoms with Crippen LogP contribution >= 0.6 is 11.9 Å². The van der Waals surface area contributed by atoms with Crippen molar-refractivity contribution in [2.75, 3.05) is 7.11 Å². The van der Waals surface area contributed by atoms with Crippen LogP contribution in [0, 0.1) is 0 Å². The molecule has 0 aliphatic heterocycles. The van der Waals surface area contributed by atoms with E-state index in [1.165, 1.54) is 0 Å². The first-order chi connectivity index (χ1) is 6.27. The van der Waals surface area contributed by atoms with Gasteiger partial charge in [0.25, 0.3) is 0 Å². The summed E-state index contributed by atoms with van der Waals surface area (Å²) in [5.41, 5.74) is 7.32. The van der Waals surface area contributed by atoms with Crippen LogP contribution in [0.25, 0.3) is 5.70 Å². The summed E-state index contributed by atoms with van der Waals surface area (Å²) < 4.78 is 5.02. The molecule has 4 heteroatoms. The highest BCUT2D eigenvalue weighted by Gasteiger charge is 1.96. The Bertz CT molecular complexity index is 295. The van der Waals surface area contributed by atoms with Crippen molar-refractivity contribution in [1.29, 1.82) is 0 Å². The maximum Gasteiger partial charge on any atom is 0.118 e. The van der Waals surface area contributed by atoms with E-state index in [0.717, 1.165) is 23.3 Å². The van der Waals surface area contributed by atoms with Crippen LogP contribution in [0.1, 0.15) is 5.56 Å². The first-order valence-electron chi connectivity index (χ1n) is 3.73. The van der Waals surface area contributed by atoms with Gasteiger partial charge in [-0.1, -0.05) is 11.9 Å². The minimum atomic E-state index is 0.662. The molecule has 0 saturated heterocycles. The van der Waals surface area contributed by atoms with Crippen LogP contribution in [-0.2, 0) is 0 Å². The van der Waals surface area contributed by atoms with Crippen molar-refractivity contribution in [3.8, 4) is 5.75 Å². The third-order valence-corrected chi connectivity index (χ3v) is 2.01. The summed E-state index contributed by atoms with van der Waals surface area (Å²) in [5.74, 6) is 0.817. The third-order valence-electron chi connectivity index (χ3n) is 1.62. The lowest BCUT2D eigenvalue weighted by atomic mass is 10.2. The number of nitrogens with two attached hydrogens (primary N) is 2. The summed E-state index contributed by atoms with van der Waals surface area (Å²) in [6.07, 6.45) is 0. The summed E-state index contributed by atoms with van der Waals surface area (Å²) >= 11 is 1.10. The molecule has 0 atom stereocenters. The molecule has 3 nitrogen and oxygen atoms in total. The lowest BCUT2D eigenvalue weighted by Gasteiger charge is -2.02. The van der Waals surface area contributed by atoms with E-state index in [-0.39, 0.29) is 0 Å². The molecule has 1 aromatic rings. The maximum atomic E-state index is 5.72. The molecular formula is C9H12N2OS. The van der Waals surface area contributed by atoms with Crippen molar-refractivity contribution in [3.63, 3.8) is 0 Å². The first-order valence-corrected chi connectivity index (χ1v) is 4.68. The lowest BCUT2D eigenvalue weighted by molar-refractivity contribution is 0.415. The molecule has 0 aliphatic carbocycles. The minimum absolute atomic E-state index is 0.662. The first kappa shape index (κ1) is 9.95. The predicted octanol–water partition coefficient (Wildman–Crippen LogP) is 1.56. The molecule has 1 aromatic carbocycles. The summed E-state index contributed by atoms with van der Waals surface area (Å²) in [4.78, 5) is 0. The molecule has 0 radical (unpaired) electrons. The zero-order chi connectivity index (χ0) is 9.68. The van der Waals surface area contributed by atoms with Gasteiger partial charge in [0.05, 0.1) is 7.11 Å². The minimum Gasteiger partial charge on any atom is -0.497 e. The second-order valence-corrected chi connectivity index (χ2v) is 2.95. The molecule has 0 saturated carbocycles. The number of methoxy groups -OCH3 is 1. The number of rotatable bonds is 3. The molecule has 13 heavy (non-hydrogen) atoms. The Morgan fingerprint density at radius 2 is 2.00 bits per heavy atom. The molecule has 0 spiro atoms. The van der Waals surface area contributed by atoms with E-state index in [2.05, 4.69) is 0 Å². The number of benzene rings is 1. The summed E-state index contributed by atoms with van der Waals surface area (Å²) in [6.45, 7) is 0. The van der Waals surface area contributed by atoms with Gasteiger partial charge in [-0.25, -0.2) is 0 Å². The van der Waals surface area contributed by atoms with Crippen LogP contribution in [0.3, 0.4) is 0 Å². The highest BCUT2D eigenvalue weighted by molar-refractivity contribution is 8.00. The normalized spacial score (nSPS) is 11.4. The van der Waals surface area contributed by atoms with E-state index < -0.39 is 0 Å². The van der Waals surface area contributed by atoms with Crippen molar-refractivity contribution >= 4 is 17.6 Å². The van der Waals surface area contributed by atoms with Gasteiger partial charge in [-0.3, -0.25) is 5.14 Å². The molecule has 70 valence electrons. The zero-order valence-corrected chi connectivity index (χ0v) is 8.17. The van der Waals surface area contributed by atoms with E-state index in [0.29, 0.717) is 5.70 Å². The van der Waals surface area contributed by atoms with E-state index >= 15 is 0 Å². The van der Waals surface area contributed by atoms with Gasteiger partial charge in [0.15, 0.2) is 0 Å². The number of hydrogen-bond acceptors (Lipinski definition) is 4. The molecule has 0 heterocycles. The smallest absolute Gasteiger partial charge is 0.118 e. The monoisotopic (exact) mass is 196 g/mol. The van der Waals surface area contributed by atoms with Gasteiger partial charge in [0.2, 0.25) is 0 Å². The topological polar surface area (TPSA) is 61.3 Å². The molecular weight excluding hydrogens is 184 g/mol. The maximum absolute atomic E-state index is 5.72. The van der Waals surface area contributed by atoms with Gasteiger partial charge < -0.3 is 10.5 Å². The van der Waals surface area contributed by atoms with Crippen LogP contribution in [0.5, 0.6) is 5.75 Å². The van der Waals surface area contributed by atoms with Crippen LogP contribution in [-0.4, -0.2) is 7.11 Å². The molecule has 1 rings (SSSR count). The Kier molecular flexibility index (Phi) is 3.67. The fraction of sp³-hybridized carbons (Fsp3) is 0.111. The van der Waals surface area contributed by atoms with Gasteiger partial charge >= 0.3 is 0 Å². The van der Waals surface area contributed by atoms with Crippen molar-refractivity contribution < 1.29 is 4.74 Å². The van der Waals surface area contributed by atoms with Crippen molar-refractivity contribution in [1.82, 2.24) is 0 Å². The summed E-state index contributed by atoms with van der Waals surface area (Å²) in [7, 11) is 1.63. The van der Waals surface area contributed by atoms with Crippen LogP contribution in [0.15, 0.2) is 29.7 Å². The van der Waals surface area contributed by atoms with E-state index in [9.17, 15) is 0 Å². The largest absolute Gasteiger partial charge is 0.497 e. The fourth-order valence-corrected chi connectivity index (χ4v) is 1.21. The SMILES string of the molecule is COc1ccc(/C(N)=C/SN)cc1. The van der Waals surface area contributed by atoms with Gasteiger partial charge in [-0.2, -0.15) is 0 Å². The van der Waals surface area contributed by atoms with E-state index in [4.69, 9.17) is 15.6 Å². The molecule has 0 aromatic heterocycles. The highest BCUT2D eigenvalue weighted by atomic mass is 32.2. The molecule has 0 fully saturated rings. The Hall–Kier alpha value is -1.13. The lowest BCUT2D eigenvalue weighted by Crippen LogP contribution is -1.95. The summed E-state index contributed by atoms with van der Waals surface area (Å²) in [5, 5.41) is 6.95. The number of hydrogen-bond donors (Lipinski definition) is 2. The van der Waals surface area contributed by atoms with Crippen molar-refractivity contribution in [2.24, 2.45) is 10.9 Å². The standard InChI is InChI=1S/C9H12N2OS/c1-12-8-4-2-7(3-5-8)9(10)6-13-11/h2-6H,10-11H2,1H3/b9-6-. The van der Waals surface area contributed by atoms with Crippen LogP contribution in [0.2, 0.25) is 0 Å². The van der Waals surface area contributed by atoms with E-state index in [1.54, 1.807) is 12.5 Å². The molecule has 0 amide bonds. The highest BCUT2D eigenvalue weighted by Crippen LogP contribution is 2.16. The average molecular weight is 196 g/mol. The Balaban J connectivity index is 2.85. The van der Waals surface area contributed by atoms with E-state index in [1.807, 2.05) is 24.3 Å². The molecule has 0 unspecified atom stereocenters. The Morgan fingerprint density at radius 1 is 1.38 bits per heavy atom. The predicted molar refractivity (Wildman–Crippen MR) is 56.9 cm³/mol. The zero-order valence-electron chi connectivity index (χ0n) is 7.36. The number of ether oxygens (including phenoxy) is 1. The Morgan fingerprint density at radius 3 is 2.46 bits per heavy atom. The molecule has 0 bridgehead atoms. The van der Waals surface area contributed by atoms with Gasteiger partial charge in [-0.05, 0) is 29.8 Å². The second-order valence-electron chi connectivity index (χ2n) is 2.44. The van der Waals surface area contributed by atoms with Crippen molar-refractivity contribution in [3.05, 3.63) is 35.2 Å². The van der Waals surface area contributed by atoms with Crippen molar-refractivity contribution in [2.45, 2.75) is 0 Å². The van der Waals surface area contributed by atoms with Gasteiger partial charge in [-0.15, -0.1) is 0 Å². The second kappa shape index (κ2) is 4.79. The van der Waals surface area contributed by atoms with Crippen LogP contribution < -0.4 is 15.6 Å². The molecule has 4 N–H and O–H groups in total. The quantitative estimate of drug-likeness (QED) is 0.720.